The first-order valence-corrected chi connectivity index (χ1v) is 5.55. The number of nitrogen functional groups attached to an aromatic ring is 1. The van der Waals surface area contributed by atoms with Crippen molar-refractivity contribution in [2.45, 2.75) is 19.8 Å². The van der Waals surface area contributed by atoms with Crippen molar-refractivity contribution < 1.29 is 4.39 Å². The third-order valence-corrected chi connectivity index (χ3v) is 2.65. The third kappa shape index (κ3) is 2.10. The Hall–Kier alpha value is -1.62. The number of hydrogen-bond donors (Lipinski definition) is 1. The molecule has 0 saturated heterocycles. The first-order valence-electron chi connectivity index (χ1n) is 5.17. The van der Waals surface area contributed by atoms with E-state index in [0.717, 1.165) is 0 Å². The number of halogens is 2. The minimum Gasteiger partial charge on any atom is -0.381 e. The lowest BCUT2D eigenvalue weighted by molar-refractivity contribution is 0.598. The summed E-state index contributed by atoms with van der Waals surface area (Å²) >= 11 is 5.70. The minimum absolute atomic E-state index is 0.0973. The average Bonchev–Trinajstić information content (AvgIpc) is 2.60. The molecule has 17 heavy (non-hydrogen) atoms. The Bertz CT molecular complexity index is 550. The van der Waals surface area contributed by atoms with Crippen molar-refractivity contribution in [1.29, 1.82) is 0 Å². The molecule has 2 aromatic rings. The number of aromatic nitrogens is 3. The molecule has 4 nitrogen and oxygen atoms in total. The number of nitrogens with zero attached hydrogens (tertiary/aromatic N) is 3. The van der Waals surface area contributed by atoms with Gasteiger partial charge < -0.3 is 5.73 Å². The lowest BCUT2D eigenvalue weighted by Gasteiger charge is -2.10. The van der Waals surface area contributed by atoms with Gasteiger partial charge in [0.25, 0.3) is 0 Å². The molecule has 2 rings (SSSR count). The number of benzene rings is 1. The molecule has 0 bridgehead atoms. The molecule has 0 radical (unpaired) electrons. The summed E-state index contributed by atoms with van der Waals surface area (Å²) in [6.07, 6.45) is 0. The molecule has 6 heteroatoms. The summed E-state index contributed by atoms with van der Waals surface area (Å²) in [7, 11) is 0. The molecule has 90 valence electrons. The van der Waals surface area contributed by atoms with Gasteiger partial charge in [0, 0.05) is 5.02 Å². The van der Waals surface area contributed by atoms with E-state index < -0.39 is 5.82 Å². The number of anilines is 1. The molecule has 0 aliphatic rings. The fourth-order valence-electron chi connectivity index (χ4n) is 1.67. The summed E-state index contributed by atoms with van der Waals surface area (Å²) < 4.78 is 15.2. The molecule has 0 aliphatic carbocycles. The summed E-state index contributed by atoms with van der Waals surface area (Å²) in [4.78, 5) is 0. The average molecular weight is 255 g/mol. The molecule has 0 amide bonds. The Balaban J connectivity index is 2.61. The molecule has 0 saturated carbocycles. The van der Waals surface area contributed by atoms with E-state index in [0.29, 0.717) is 22.2 Å². The zero-order valence-electron chi connectivity index (χ0n) is 9.48. The topological polar surface area (TPSA) is 56.7 Å². The van der Waals surface area contributed by atoms with Gasteiger partial charge in [-0.2, -0.15) is 0 Å². The van der Waals surface area contributed by atoms with E-state index in [4.69, 9.17) is 17.3 Å². The van der Waals surface area contributed by atoms with E-state index in [1.165, 1.54) is 10.7 Å². The summed E-state index contributed by atoms with van der Waals surface area (Å²) in [5.74, 6) is -0.0428. The maximum absolute atomic E-state index is 13.8. The van der Waals surface area contributed by atoms with E-state index in [9.17, 15) is 4.39 Å². The van der Waals surface area contributed by atoms with Crippen LogP contribution in [0.1, 0.15) is 25.5 Å². The van der Waals surface area contributed by atoms with Crippen LogP contribution in [0.25, 0.3) is 5.69 Å². The summed E-state index contributed by atoms with van der Waals surface area (Å²) in [5.41, 5.74) is 6.70. The SMILES string of the molecule is CC(C)c1c(N)nnn1-c1ccc(Cl)cc1F. The largest absolute Gasteiger partial charge is 0.381 e. The van der Waals surface area contributed by atoms with Crippen molar-refractivity contribution >= 4 is 17.4 Å². The molecule has 2 N–H and O–H groups in total. The smallest absolute Gasteiger partial charge is 0.169 e. The van der Waals surface area contributed by atoms with Crippen LogP contribution in [0.3, 0.4) is 0 Å². The second-order valence-corrected chi connectivity index (χ2v) is 4.46. The fraction of sp³-hybridized carbons (Fsp3) is 0.273. The molecule has 0 spiro atoms. The lowest BCUT2D eigenvalue weighted by atomic mass is 10.1. The maximum atomic E-state index is 13.8. The van der Waals surface area contributed by atoms with Gasteiger partial charge in [-0.15, -0.1) is 5.10 Å². The predicted octanol–water partition coefficient (Wildman–Crippen LogP) is 2.77. The van der Waals surface area contributed by atoms with Crippen LogP contribution in [0.2, 0.25) is 5.02 Å². The van der Waals surface area contributed by atoms with Gasteiger partial charge in [-0.1, -0.05) is 30.7 Å². The standard InChI is InChI=1S/C11H12ClFN4/c1-6(2)10-11(14)15-16-17(10)9-4-3-7(12)5-8(9)13/h3-6H,14H2,1-2H3. The van der Waals surface area contributed by atoms with Crippen LogP contribution >= 0.6 is 11.6 Å². The van der Waals surface area contributed by atoms with Gasteiger partial charge >= 0.3 is 0 Å². The normalized spacial score (nSPS) is 11.1. The van der Waals surface area contributed by atoms with Crippen LogP contribution in [-0.4, -0.2) is 15.0 Å². The number of rotatable bonds is 2. The van der Waals surface area contributed by atoms with Crippen molar-refractivity contribution in [3.05, 3.63) is 34.7 Å². The van der Waals surface area contributed by atoms with Gasteiger partial charge in [-0.3, -0.25) is 0 Å². The molecule has 1 heterocycles. The van der Waals surface area contributed by atoms with Gasteiger partial charge in [-0.05, 0) is 24.1 Å². The molecule has 1 aromatic carbocycles. The summed E-state index contributed by atoms with van der Waals surface area (Å²) in [6, 6.07) is 4.39. The Morgan fingerprint density at radius 3 is 2.71 bits per heavy atom. The first-order chi connectivity index (χ1) is 8.00. The Kier molecular flexibility index (Phi) is 3.02. The van der Waals surface area contributed by atoms with Crippen LogP contribution in [-0.2, 0) is 0 Å². The van der Waals surface area contributed by atoms with E-state index in [-0.39, 0.29) is 5.92 Å². The quantitative estimate of drug-likeness (QED) is 0.897. The highest BCUT2D eigenvalue weighted by atomic mass is 35.5. The molecule has 1 aromatic heterocycles. The Labute approximate surface area is 103 Å². The number of nitrogens with two attached hydrogens (primary N) is 1. The maximum Gasteiger partial charge on any atom is 0.169 e. The first kappa shape index (κ1) is 11.9. The van der Waals surface area contributed by atoms with Crippen LogP contribution in [0.5, 0.6) is 0 Å². The van der Waals surface area contributed by atoms with Gasteiger partial charge in [0.1, 0.15) is 11.5 Å². The van der Waals surface area contributed by atoms with Gasteiger partial charge in [0.2, 0.25) is 0 Å². The second kappa shape index (κ2) is 4.33. The van der Waals surface area contributed by atoms with Crippen LogP contribution in [0, 0.1) is 5.82 Å². The third-order valence-electron chi connectivity index (χ3n) is 2.42. The summed E-state index contributed by atoms with van der Waals surface area (Å²) in [5, 5.41) is 7.96. The van der Waals surface area contributed by atoms with Crippen LogP contribution in [0.15, 0.2) is 18.2 Å². The zero-order chi connectivity index (χ0) is 12.6. The number of hydrogen-bond acceptors (Lipinski definition) is 3. The fourth-order valence-corrected chi connectivity index (χ4v) is 1.83. The van der Waals surface area contributed by atoms with E-state index >= 15 is 0 Å². The van der Waals surface area contributed by atoms with Crippen molar-refractivity contribution in [2.75, 3.05) is 5.73 Å². The monoisotopic (exact) mass is 254 g/mol. The van der Waals surface area contributed by atoms with Gasteiger partial charge in [0.15, 0.2) is 5.82 Å². The van der Waals surface area contributed by atoms with E-state index in [2.05, 4.69) is 10.3 Å². The van der Waals surface area contributed by atoms with Gasteiger partial charge in [0.05, 0.1) is 5.69 Å². The predicted molar refractivity (Wildman–Crippen MR) is 64.8 cm³/mol. The zero-order valence-corrected chi connectivity index (χ0v) is 10.2. The van der Waals surface area contributed by atoms with Crippen LogP contribution in [0.4, 0.5) is 10.2 Å². The highest BCUT2D eigenvalue weighted by Gasteiger charge is 2.17. The molecule has 0 unspecified atom stereocenters. The van der Waals surface area contributed by atoms with E-state index in [1.807, 2.05) is 13.8 Å². The van der Waals surface area contributed by atoms with Crippen molar-refractivity contribution in [3.63, 3.8) is 0 Å². The van der Waals surface area contributed by atoms with Gasteiger partial charge in [-0.25, -0.2) is 9.07 Å². The lowest BCUT2D eigenvalue weighted by Crippen LogP contribution is -2.07. The minimum atomic E-state index is -0.454. The molecule has 0 fully saturated rings. The van der Waals surface area contributed by atoms with Crippen molar-refractivity contribution in [1.82, 2.24) is 15.0 Å². The van der Waals surface area contributed by atoms with E-state index in [1.54, 1.807) is 12.1 Å². The molecule has 0 aliphatic heterocycles. The Morgan fingerprint density at radius 2 is 2.12 bits per heavy atom. The molecule has 0 atom stereocenters. The van der Waals surface area contributed by atoms with Crippen molar-refractivity contribution in [3.8, 4) is 5.69 Å². The Morgan fingerprint density at radius 1 is 1.41 bits per heavy atom. The summed E-state index contributed by atoms with van der Waals surface area (Å²) in [6.45, 7) is 3.89. The molecular weight excluding hydrogens is 243 g/mol. The van der Waals surface area contributed by atoms with Crippen LogP contribution < -0.4 is 5.73 Å². The van der Waals surface area contributed by atoms with Crippen molar-refractivity contribution in [2.24, 2.45) is 0 Å². The second-order valence-electron chi connectivity index (χ2n) is 4.02. The highest BCUT2D eigenvalue weighted by Crippen LogP contribution is 2.25. The molecular formula is C11H12ClFN4. The highest BCUT2D eigenvalue weighted by molar-refractivity contribution is 6.30.